The maximum Gasteiger partial charge on any atom is 0.328 e. The minimum absolute atomic E-state index is 0.103. The standard InChI is InChI=1S/C37H41N3O5/c1-37(2,3)34(38-32(41)22-20-27-16-18-28(19-17-27)21-23-33(42)43)36(45)40-24-10-15-31(40)35(44)39(25-29-11-6-4-7-12-29)26-30-13-8-5-9-14-30/h4-9,11-14,16-23,31,34H,10,15,24-26H2,1-3H3,(H,38,41)(H,42,43)/t31-,34+/m0/s1. The Hall–Kier alpha value is -4.98. The summed E-state index contributed by atoms with van der Waals surface area (Å²) in [4.78, 5) is 55.4. The van der Waals surface area contributed by atoms with Gasteiger partial charge in [-0.05, 0) is 52.7 Å². The minimum atomic E-state index is -1.03. The number of benzene rings is 3. The lowest BCUT2D eigenvalue weighted by Gasteiger charge is -2.36. The van der Waals surface area contributed by atoms with Crippen molar-refractivity contribution in [1.82, 2.24) is 15.1 Å². The van der Waals surface area contributed by atoms with Gasteiger partial charge >= 0.3 is 5.97 Å². The second-order valence-corrected chi connectivity index (χ2v) is 12.3. The van der Waals surface area contributed by atoms with Crippen LogP contribution >= 0.6 is 0 Å². The van der Waals surface area contributed by atoms with Gasteiger partial charge in [0.2, 0.25) is 17.7 Å². The van der Waals surface area contributed by atoms with Gasteiger partial charge in [0.1, 0.15) is 12.1 Å². The van der Waals surface area contributed by atoms with Crippen LogP contribution in [0.25, 0.3) is 12.2 Å². The summed E-state index contributed by atoms with van der Waals surface area (Å²) in [5.41, 5.74) is 2.88. The first-order chi connectivity index (χ1) is 21.5. The van der Waals surface area contributed by atoms with Crippen LogP contribution in [-0.4, -0.2) is 57.2 Å². The summed E-state index contributed by atoms with van der Waals surface area (Å²) < 4.78 is 0. The van der Waals surface area contributed by atoms with Gasteiger partial charge in [-0.2, -0.15) is 0 Å². The number of hydrogen-bond acceptors (Lipinski definition) is 4. The Morgan fingerprint density at radius 3 is 1.84 bits per heavy atom. The molecule has 3 amide bonds. The fraction of sp³-hybridized carbons (Fsp3) is 0.297. The average molecular weight is 608 g/mol. The highest BCUT2D eigenvalue weighted by Crippen LogP contribution is 2.27. The van der Waals surface area contributed by atoms with Crippen molar-refractivity contribution in [2.75, 3.05) is 6.54 Å². The number of carboxylic acids is 1. The van der Waals surface area contributed by atoms with Crippen molar-refractivity contribution >= 4 is 35.8 Å². The first-order valence-electron chi connectivity index (χ1n) is 15.2. The average Bonchev–Trinajstić information content (AvgIpc) is 3.52. The van der Waals surface area contributed by atoms with Crippen LogP contribution in [0.5, 0.6) is 0 Å². The van der Waals surface area contributed by atoms with Crippen molar-refractivity contribution in [2.45, 2.75) is 58.8 Å². The Bertz CT molecular complexity index is 1480. The van der Waals surface area contributed by atoms with Crippen molar-refractivity contribution in [3.8, 4) is 0 Å². The number of carbonyl (C=O) groups is 4. The zero-order valence-electron chi connectivity index (χ0n) is 26.1. The smallest absolute Gasteiger partial charge is 0.328 e. The quantitative estimate of drug-likeness (QED) is 0.278. The van der Waals surface area contributed by atoms with Crippen molar-refractivity contribution in [2.24, 2.45) is 5.41 Å². The van der Waals surface area contributed by atoms with Gasteiger partial charge in [0, 0.05) is 31.8 Å². The number of nitrogens with one attached hydrogen (secondary N) is 1. The molecule has 0 bridgehead atoms. The third kappa shape index (κ3) is 9.50. The molecule has 0 unspecified atom stereocenters. The molecule has 2 N–H and O–H groups in total. The normalized spacial score (nSPS) is 15.7. The summed E-state index contributed by atoms with van der Waals surface area (Å²) in [6, 6.07) is 25.2. The minimum Gasteiger partial charge on any atom is -0.478 e. The number of rotatable bonds is 11. The maximum atomic E-state index is 14.1. The van der Waals surface area contributed by atoms with Crippen molar-refractivity contribution in [3.05, 3.63) is 119 Å². The molecule has 1 saturated heterocycles. The van der Waals surface area contributed by atoms with Gasteiger partial charge in [0.15, 0.2) is 0 Å². The van der Waals surface area contributed by atoms with Gasteiger partial charge in [-0.1, -0.05) is 106 Å². The molecule has 234 valence electrons. The van der Waals surface area contributed by atoms with Gasteiger partial charge in [-0.15, -0.1) is 0 Å². The van der Waals surface area contributed by atoms with Crippen LogP contribution in [0.1, 0.15) is 55.9 Å². The predicted molar refractivity (Wildman–Crippen MR) is 175 cm³/mol. The molecule has 1 heterocycles. The molecule has 0 saturated carbocycles. The molecule has 1 aliphatic rings. The van der Waals surface area contributed by atoms with Crippen LogP contribution in [0.4, 0.5) is 0 Å². The van der Waals surface area contributed by atoms with E-state index in [9.17, 15) is 19.2 Å². The first-order valence-corrected chi connectivity index (χ1v) is 15.2. The molecule has 1 aliphatic heterocycles. The number of likely N-dealkylation sites (tertiary alicyclic amines) is 1. The SMILES string of the molecule is CC(C)(C)[C@H](NC(=O)C=Cc1ccc(C=CC(=O)O)cc1)C(=O)N1CCC[C@H]1C(=O)N(Cc1ccccc1)Cc1ccccc1. The van der Waals surface area contributed by atoms with E-state index in [4.69, 9.17) is 5.11 Å². The van der Waals surface area contributed by atoms with E-state index in [2.05, 4.69) is 5.32 Å². The number of amides is 3. The number of nitrogens with zero attached hydrogens (tertiary/aromatic N) is 2. The zero-order chi connectivity index (χ0) is 32.4. The van der Waals surface area contributed by atoms with E-state index in [1.165, 1.54) is 12.2 Å². The van der Waals surface area contributed by atoms with Crippen molar-refractivity contribution in [1.29, 1.82) is 0 Å². The number of carboxylic acid groups (broad SMARTS) is 1. The van der Waals surface area contributed by atoms with Crippen molar-refractivity contribution < 1.29 is 24.3 Å². The van der Waals surface area contributed by atoms with Crippen LogP contribution in [0.2, 0.25) is 0 Å². The highest BCUT2D eigenvalue weighted by molar-refractivity contribution is 5.97. The lowest BCUT2D eigenvalue weighted by atomic mass is 9.85. The topological polar surface area (TPSA) is 107 Å². The Kier molecular flexibility index (Phi) is 11.1. The van der Waals surface area contributed by atoms with E-state index >= 15 is 0 Å². The van der Waals surface area contributed by atoms with Gasteiger partial charge in [-0.3, -0.25) is 14.4 Å². The van der Waals surface area contributed by atoms with Gasteiger partial charge < -0.3 is 20.2 Å². The van der Waals surface area contributed by atoms with Gasteiger partial charge in [0.05, 0.1) is 0 Å². The van der Waals surface area contributed by atoms with E-state index in [1.807, 2.05) is 86.3 Å². The molecule has 3 aromatic carbocycles. The molecule has 8 heteroatoms. The highest BCUT2D eigenvalue weighted by Gasteiger charge is 2.42. The summed E-state index contributed by atoms with van der Waals surface area (Å²) in [6.07, 6.45) is 6.83. The molecule has 0 radical (unpaired) electrons. The molecule has 0 aromatic heterocycles. The molecule has 4 rings (SSSR count). The Morgan fingerprint density at radius 2 is 1.36 bits per heavy atom. The molecule has 0 spiro atoms. The lowest BCUT2D eigenvalue weighted by Crippen LogP contribution is -2.57. The van der Waals surface area contributed by atoms with Crippen LogP contribution in [0, 0.1) is 5.41 Å². The fourth-order valence-electron chi connectivity index (χ4n) is 5.38. The van der Waals surface area contributed by atoms with E-state index < -0.39 is 29.4 Å². The fourth-order valence-corrected chi connectivity index (χ4v) is 5.38. The number of hydrogen-bond donors (Lipinski definition) is 2. The van der Waals surface area contributed by atoms with E-state index in [0.29, 0.717) is 32.5 Å². The number of aliphatic carboxylic acids is 1. The summed E-state index contributed by atoms with van der Waals surface area (Å²) in [7, 11) is 0. The maximum absolute atomic E-state index is 14.1. The van der Waals surface area contributed by atoms with Crippen LogP contribution in [0.15, 0.2) is 97.1 Å². The van der Waals surface area contributed by atoms with Crippen molar-refractivity contribution in [3.63, 3.8) is 0 Å². The molecular formula is C37H41N3O5. The Morgan fingerprint density at radius 1 is 0.844 bits per heavy atom. The van der Waals surface area contributed by atoms with Gasteiger partial charge in [-0.25, -0.2) is 4.79 Å². The van der Waals surface area contributed by atoms with E-state index in [1.54, 1.807) is 35.2 Å². The molecule has 3 aromatic rings. The Balaban J connectivity index is 1.48. The summed E-state index contributed by atoms with van der Waals surface area (Å²) in [5, 5.41) is 11.7. The molecule has 0 aliphatic carbocycles. The second kappa shape index (κ2) is 15.1. The summed E-state index contributed by atoms with van der Waals surface area (Å²) in [6.45, 7) is 6.98. The van der Waals surface area contributed by atoms with Crippen LogP contribution < -0.4 is 5.32 Å². The first kappa shape index (κ1) is 32.9. The van der Waals surface area contributed by atoms with Crippen LogP contribution in [-0.2, 0) is 32.3 Å². The molecular weight excluding hydrogens is 566 g/mol. The van der Waals surface area contributed by atoms with Crippen LogP contribution in [0.3, 0.4) is 0 Å². The largest absolute Gasteiger partial charge is 0.478 e. The predicted octanol–water partition coefficient (Wildman–Crippen LogP) is 5.55. The highest BCUT2D eigenvalue weighted by atomic mass is 16.4. The molecule has 1 fully saturated rings. The third-order valence-electron chi connectivity index (χ3n) is 7.75. The number of carbonyl (C=O) groups excluding carboxylic acids is 3. The third-order valence-corrected chi connectivity index (χ3v) is 7.75. The molecule has 2 atom stereocenters. The van der Waals surface area contributed by atoms with E-state index in [-0.39, 0.29) is 11.8 Å². The van der Waals surface area contributed by atoms with E-state index in [0.717, 1.165) is 28.3 Å². The lowest BCUT2D eigenvalue weighted by molar-refractivity contribution is -0.147. The summed E-state index contributed by atoms with van der Waals surface area (Å²) >= 11 is 0. The molecule has 8 nitrogen and oxygen atoms in total. The zero-order valence-corrected chi connectivity index (χ0v) is 26.1. The monoisotopic (exact) mass is 607 g/mol. The second-order valence-electron chi connectivity index (χ2n) is 12.3. The Labute approximate surface area is 265 Å². The van der Waals surface area contributed by atoms with Gasteiger partial charge in [0.25, 0.3) is 0 Å². The summed E-state index contributed by atoms with van der Waals surface area (Å²) in [5.74, 6) is -1.82. The molecule has 45 heavy (non-hydrogen) atoms.